The number of aromatic nitrogens is 3. The van der Waals surface area contributed by atoms with Crippen molar-refractivity contribution >= 4 is 33.9 Å². The second-order valence-electron chi connectivity index (χ2n) is 8.35. The zero-order valence-electron chi connectivity index (χ0n) is 18.8. The van der Waals surface area contributed by atoms with Gasteiger partial charge >= 0.3 is 0 Å². The van der Waals surface area contributed by atoms with E-state index in [1.165, 1.54) is 5.56 Å². The third-order valence-corrected chi connectivity index (χ3v) is 6.12. The van der Waals surface area contributed by atoms with Crippen molar-refractivity contribution in [2.45, 2.75) is 26.8 Å². The fourth-order valence-electron chi connectivity index (χ4n) is 4.11. The predicted octanol–water partition coefficient (Wildman–Crippen LogP) is 5.26. The van der Waals surface area contributed by atoms with E-state index in [1.807, 2.05) is 78.2 Å². The smallest absolute Gasteiger partial charge is 0.257 e. The summed E-state index contributed by atoms with van der Waals surface area (Å²) < 4.78 is 1.82. The van der Waals surface area contributed by atoms with E-state index < -0.39 is 0 Å². The van der Waals surface area contributed by atoms with Crippen molar-refractivity contribution < 1.29 is 4.79 Å². The average molecular weight is 436 g/mol. The molecule has 6 heteroatoms. The number of hydrogen-bond donors (Lipinski definition) is 2. The number of benzene rings is 3. The van der Waals surface area contributed by atoms with Crippen molar-refractivity contribution in [3.05, 3.63) is 95.1 Å². The number of nitrogens with zero attached hydrogens (tertiary/aromatic N) is 3. The number of carbonyl (C=O) groups excluding carboxylic acids is 1. The lowest BCUT2D eigenvalue weighted by Crippen LogP contribution is -2.27. The number of hydrogen-bond acceptors (Lipinski definition) is 4. The molecule has 0 saturated heterocycles. The zero-order chi connectivity index (χ0) is 23.1. The topological polar surface area (TPSA) is 85.8 Å². The highest BCUT2D eigenvalue weighted by Gasteiger charge is 2.26. The van der Waals surface area contributed by atoms with Gasteiger partial charge in [0.1, 0.15) is 16.9 Å². The summed E-state index contributed by atoms with van der Waals surface area (Å²) in [7, 11) is 0. The first-order chi connectivity index (χ1) is 15.9. The summed E-state index contributed by atoms with van der Waals surface area (Å²) in [5.41, 5.74) is 13.7. The van der Waals surface area contributed by atoms with Crippen LogP contribution in [0.25, 0.3) is 27.9 Å². The molecule has 6 nitrogen and oxygen atoms in total. The Bertz CT molecular complexity index is 1500. The molecule has 0 saturated carbocycles. The van der Waals surface area contributed by atoms with Crippen LogP contribution >= 0.6 is 0 Å². The fraction of sp³-hybridized carbons (Fsp3) is 0.148. The normalized spacial score (nSPS) is 12.2. The Kier molecular flexibility index (Phi) is 5.05. The van der Waals surface area contributed by atoms with Crippen LogP contribution in [0.15, 0.2) is 72.8 Å². The molecule has 0 fully saturated rings. The minimum absolute atomic E-state index is 0.188. The first kappa shape index (κ1) is 20.7. The van der Waals surface area contributed by atoms with Gasteiger partial charge < -0.3 is 11.1 Å². The Hall–Kier alpha value is -4.19. The summed E-state index contributed by atoms with van der Waals surface area (Å²) in [6.45, 7) is 6.07. The lowest BCUT2D eigenvalue weighted by atomic mass is 10.1. The summed E-state index contributed by atoms with van der Waals surface area (Å²) in [4.78, 5) is 23.1. The van der Waals surface area contributed by atoms with Gasteiger partial charge in [0.25, 0.3) is 5.91 Å². The van der Waals surface area contributed by atoms with Crippen molar-refractivity contribution in [3.63, 3.8) is 0 Å². The van der Waals surface area contributed by atoms with E-state index in [1.54, 1.807) is 0 Å². The van der Waals surface area contributed by atoms with Gasteiger partial charge in [-0.15, -0.1) is 0 Å². The molecule has 5 aromatic rings. The fourth-order valence-corrected chi connectivity index (χ4v) is 4.11. The standard InChI is InChI=1S/C27H25N5O/c1-16-13-14-20(15-17(16)2)32-25(28)23(27(33)29-18(3)19-9-5-4-6-10-19)24-26(32)31-22-12-8-7-11-21(22)30-24/h4-15,18H,28H2,1-3H3,(H,29,33)/t18-/m0/s1. The monoisotopic (exact) mass is 435 g/mol. The number of amides is 1. The van der Waals surface area contributed by atoms with Crippen LogP contribution < -0.4 is 11.1 Å². The lowest BCUT2D eigenvalue weighted by Gasteiger charge is -2.14. The molecule has 33 heavy (non-hydrogen) atoms. The van der Waals surface area contributed by atoms with Gasteiger partial charge in [-0.1, -0.05) is 48.5 Å². The van der Waals surface area contributed by atoms with Gasteiger partial charge in [0.2, 0.25) is 0 Å². The van der Waals surface area contributed by atoms with Crippen molar-refractivity contribution in [3.8, 4) is 5.69 Å². The Labute approximate surface area is 192 Å². The number of nitrogens with two attached hydrogens (primary N) is 1. The van der Waals surface area contributed by atoms with E-state index in [9.17, 15) is 4.79 Å². The number of aryl methyl sites for hydroxylation is 2. The molecule has 0 bridgehead atoms. The Morgan fingerprint density at radius 3 is 2.27 bits per heavy atom. The molecule has 5 rings (SSSR count). The second-order valence-corrected chi connectivity index (χ2v) is 8.35. The minimum atomic E-state index is -0.277. The van der Waals surface area contributed by atoms with Gasteiger partial charge in [-0.25, -0.2) is 9.97 Å². The van der Waals surface area contributed by atoms with Crippen LogP contribution in [0.5, 0.6) is 0 Å². The molecule has 3 aromatic carbocycles. The number of nitrogens with one attached hydrogen (secondary N) is 1. The summed E-state index contributed by atoms with van der Waals surface area (Å²) in [5.74, 6) is 0.0438. The molecule has 2 aromatic heterocycles. The van der Waals surface area contributed by atoms with Crippen LogP contribution in [0, 0.1) is 13.8 Å². The van der Waals surface area contributed by atoms with E-state index in [2.05, 4.69) is 25.2 Å². The van der Waals surface area contributed by atoms with Crippen molar-refractivity contribution in [2.24, 2.45) is 0 Å². The molecule has 0 unspecified atom stereocenters. The third kappa shape index (κ3) is 3.59. The van der Waals surface area contributed by atoms with Gasteiger partial charge in [0.05, 0.1) is 17.1 Å². The van der Waals surface area contributed by atoms with E-state index in [0.29, 0.717) is 28.1 Å². The highest BCUT2D eigenvalue weighted by atomic mass is 16.1. The molecule has 0 aliphatic rings. The van der Waals surface area contributed by atoms with Crippen LogP contribution in [0.3, 0.4) is 0 Å². The van der Waals surface area contributed by atoms with Gasteiger partial charge in [-0.05, 0) is 61.7 Å². The number of carbonyl (C=O) groups is 1. The number of fused-ring (bicyclic) bond motifs is 2. The highest BCUT2D eigenvalue weighted by molar-refractivity contribution is 6.11. The van der Waals surface area contributed by atoms with Crippen LogP contribution in [0.1, 0.15) is 40.0 Å². The first-order valence-electron chi connectivity index (χ1n) is 10.9. The quantitative estimate of drug-likeness (QED) is 0.403. The lowest BCUT2D eigenvalue weighted by molar-refractivity contribution is 0.0942. The maximum Gasteiger partial charge on any atom is 0.257 e. The van der Waals surface area contributed by atoms with Gasteiger partial charge in [-0.3, -0.25) is 9.36 Å². The zero-order valence-corrected chi connectivity index (χ0v) is 18.8. The third-order valence-electron chi connectivity index (χ3n) is 6.12. The summed E-state index contributed by atoms with van der Waals surface area (Å²) in [5, 5.41) is 3.08. The molecule has 3 N–H and O–H groups in total. The second kappa shape index (κ2) is 8.06. The Morgan fingerprint density at radius 2 is 1.58 bits per heavy atom. The van der Waals surface area contributed by atoms with Crippen molar-refractivity contribution in [2.75, 3.05) is 5.73 Å². The molecule has 0 spiro atoms. The maximum absolute atomic E-state index is 13.5. The summed E-state index contributed by atoms with van der Waals surface area (Å²) in [6.07, 6.45) is 0. The van der Waals surface area contributed by atoms with Crippen LogP contribution in [0.4, 0.5) is 5.82 Å². The largest absolute Gasteiger partial charge is 0.384 e. The molecular formula is C27H25N5O. The summed E-state index contributed by atoms with van der Waals surface area (Å²) >= 11 is 0. The summed E-state index contributed by atoms with van der Waals surface area (Å²) in [6, 6.07) is 23.4. The van der Waals surface area contributed by atoms with Gasteiger partial charge in [0, 0.05) is 5.69 Å². The van der Waals surface area contributed by atoms with Crippen LogP contribution in [0.2, 0.25) is 0 Å². The molecule has 0 aliphatic heterocycles. The Morgan fingerprint density at radius 1 is 0.909 bits per heavy atom. The minimum Gasteiger partial charge on any atom is -0.384 e. The van der Waals surface area contributed by atoms with E-state index in [-0.39, 0.29) is 11.9 Å². The van der Waals surface area contributed by atoms with Crippen LogP contribution in [-0.4, -0.2) is 20.4 Å². The van der Waals surface area contributed by atoms with Gasteiger partial charge in [-0.2, -0.15) is 0 Å². The number of rotatable bonds is 4. The molecule has 1 amide bonds. The number of anilines is 1. The molecular weight excluding hydrogens is 410 g/mol. The molecule has 164 valence electrons. The Balaban J connectivity index is 1.70. The van der Waals surface area contributed by atoms with Crippen molar-refractivity contribution in [1.29, 1.82) is 0 Å². The van der Waals surface area contributed by atoms with Crippen molar-refractivity contribution in [1.82, 2.24) is 19.9 Å². The van der Waals surface area contributed by atoms with Gasteiger partial charge in [0.15, 0.2) is 5.65 Å². The molecule has 0 aliphatic carbocycles. The number of para-hydroxylation sites is 2. The maximum atomic E-state index is 13.5. The SMILES string of the molecule is Cc1ccc(-n2c(N)c(C(=O)N[C@@H](C)c3ccccc3)c3nc4ccccc4nc32)cc1C. The van der Waals surface area contributed by atoms with E-state index >= 15 is 0 Å². The van der Waals surface area contributed by atoms with Crippen LogP contribution in [-0.2, 0) is 0 Å². The molecule has 1 atom stereocenters. The number of nitrogen functional groups attached to an aromatic ring is 1. The predicted molar refractivity (Wildman–Crippen MR) is 133 cm³/mol. The highest BCUT2D eigenvalue weighted by Crippen LogP contribution is 2.32. The first-order valence-corrected chi connectivity index (χ1v) is 10.9. The molecule has 0 radical (unpaired) electrons. The van der Waals surface area contributed by atoms with E-state index in [0.717, 1.165) is 22.3 Å². The van der Waals surface area contributed by atoms with E-state index in [4.69, 9.17) is 15.7 Å². The average Bonchev–Trinajstić information content (AvgIpc) is 3.10. The molecule has 2 heterocycles.